The van der Waals surface area contributed by atoms with Gasteiger partial charge in [-0.15, -0.1) is 0 Å². The first-order chi connectivity index (χ1) is 30.7. The molecule has 0 amide bonds. The molecule has 0 N–H and O–H groups in total. The summed E-state index contributed by atoms with van der Waals surface area (Å²) in [6.07, 6.45) is 0. The minimum absolute atomic E-state index is 0.508. The first-order valence-electron chi connectivity index (χ1n) is 21.4. The van der Waals surface area contributed by atoms with E-state index in [-0.39, 0.29) is 0 Å². The van der Waals surface area contributed by atoms with Crippen LogP contribution in [-0.4, -0.2) is 0 Å². The smallest absolute Gasteiger partial charge is 0.0714 e. The summed E-state index contributed by atoms with van der Waals surface area (Å²) in [5, 5.41) is 0. The van der Waals surface area contributed by atoms with E-state index in [1.54, 1.807) is 0 Å². The van der Waals surface area contributed by atoms with Crippen molar-refractivity contribution < 1.29 is 0 Å². The summed E-state index contributed by atoms with van der Waals surface area (Å²) < 4.78 is 0. The molecule has 0 unspecified atom stereocenters. The van der Waals surface area contributed by atoms with E-state index in [2.05, 4.69) is 266 Å². The quantitative estimate of drug-likeness (QED) is 0.141. The summed E-state index contributed by atoms with van der Waals surface area (Å²) >= 11 is 0. The second-order valence-corrected chi connectivity index (χ2v) is 16.1. The lowest BCUT2D eigenvalue weighted by molar-refractivity contribution is 0.768. The molecule has 0 heterocycles. The molecule has 1 nitrogen and oxygen atoms in total. The van der Waals surface area contributed by atoms with Gasteiger partial charge in [-0.1, -0.05) is 218 Å². The Morgan fingerprint density at radius 3 is 1.18 bits per heavy atom. The molecule has 0 bridgehead atoms. The van der Waals surface area contributed by atoms with Gasteiger partial charge in [0, 0.05) is 17.1 Å². The summed E-state index contributed by atoms with van der Waals surface area (Å²) in [4.78, 5) is 2.42. The van der Waals surface area contributed by atoms with Crippen LogP contribution in [0, 0.1) is 0 Å². The number of rotatable bonds is 9. The predicted octanol–water partition coefficient (Wildman–Crippen LogP) is 16.2. The molecule has 1 aliphatic rings. The summed E-state index contributed by atoms with van der Waals surface area (Å²) in [6, 6.07) is 95.2. The number of hydrogen-bond acceptors (Lipinski definition) is 1. The number of fused-ring (bicyclic) bond motifs is 3. The van der Waals surface area contributed by atoms with Gasteiger partial charge in [-0.05, 0) is 120 Å². The van der Waals surface area contributed by atoms with Crippen molar-refractivity contribution >= 4 is 17.1 Å². The van der Waals surface area contributed by atoms with Gasteiger partial charge in [0.15, 0.2) is 0 Å². The molecule has 11 rings (SSSR count). The van der Waals surface area contributed by atoms with Gasteiger partial charge in [0.1, 0.15) is 0 Å². The lowest BCUT2D eigenvalue weighted by Gasteiger charge is -2.35. The molecular weight excluding hydrogens is 747 g/mol. The minimum Gasteiger partial charge on any atom is -0.310 e. The topological polar surface area (TPSA) is 3.24 Å². The van der Waals surface area contributed by atoms with E-state index in [4.69, 9.17) is 0 Å². The van der Waals surface area contributed by atoms with E-state index in [9.17, 15) is 0 Å². The lowest BCUT2D eigenvalue weighted by atomic mass is 9.67. The maximum atomic E-state index is 2.42. The Morgan fingerprint density at radius 1 is 0.226 bits per heavy atom. The first-order valence-corrected chi connectivity index (χ1v) is 21.4. The Labute approximate surface area is 364 Å². The molecule has 0 radical (unpaired) electrons. The van der Waals surface area contributed by atoms with E-state index in [0.717, 1.165) is 22.6 Å². The molecule has 10 aromatic carbocycles. The monoisotopic (exact) mass is 789 g/mol. The highest BCUT2D eigenvalue weighted by atomic mass is 15.1. The van der Waals surface area contributed by atoms with Crippen molar-refractivity contribution in [3.05, 3.63) is 283 Å². The summed E-state index contributed by atoms with van der Waals surface area (Å²) in [6.45, 7) is 0. The van der Waals surface area contributed by atoms with Crippen LogP contribution in [0.15, 0.2) is 261 Å². The van der Waals surface area contributed by atoms with Crippen LogP contribution in [0.25, 0.3) is 55.6 Å². The van der Waals surface area contributed by atoms with E-state index >= 15 is 0 Å². The summed E-state index contributed by atoms with van der Waals surface area (Å²) in [5.41, 5.74) is 20.0. The van der Waals surface area contributed by atoms with E-state index in [1.807, 2.05) is 0 Å². The molecule has 10 aromatic rings. The molecule has 1 aliphatic carbocycles. The number of anilines is 3. The maximum Gasteiger partial charge on any atom is 0.0714 e. The van der Waals surface area contributed by atoms with Crippen LogP contribution < -0.4 is 4.90 Å². The standard InChI is InChI=1S/C61H43N/c1-4-17-44(18-5-1)46-33-35-47(36-34-46)51-23-15-27-55(42-51)62(54-39-37-48(38-40-54)50-22-14-21-49(41-50)45-19-6-2-7-20-45)56-28-16-26-53(43-56)61(52-24-8-3-9-25-52)59-31-12-10-29-57(59)58-30-11-13-32-60(58)61/h1-43H. The molecule has 1 heteroatoms. The molecule has 292 valence electrons. The van der Waals surface area contributed by atoms with Crippen LogP contribution in [0.5, 0.6) is 0 Å². The normalized spacial score (nSPS) is 12.3. The molecule has 62 heavy (non-hydrogen) atoms. The van der Waals surface area contributed by atoms with Crippen LogP contribution in [0.3, 0.4) is 0 Å². The van der Waals surface area contributed by atoms with Crippen molar-refractivity contribution in [3.63, 3.8) is 0 Å². The molecule has 0 saturated carbocycles. The fourth-order valence-corrected chi connectivity index (χ4v) is 9.66. The fraction of sp³-hybridized carbons (Fsp3) is 0.0164. The molecule has 0 spiro atoms. The van der Waals surface area contributed by atoms with Crippen molar-refractivity contribution in [1.29, 1.82) is 0 Å². The van der Waals surface area contributed by atoms with Gasteiger partial charge in [-0.25, -0.2) is 0 Å². The van der Waals surface area contributed by atoms with Gasteiger partial charge in [-0.3, -0.25) is 0 Å². The largest absolute Gasteiger partial charge is 0.310 e. The van der Waals surface area contributed by atoms with Crippen molar-refractivity contribution in [2.24, 2.45) is 0 Å². The van der Waals surface area contributed by atoms with Gasteiger partial charge in [0.25, 0.3) is 0 Å². The van der Waals surface area contributed by atoms with Crippen molar-refractivity contribution in [2.75, 3.05) is 4.90 Å². The third-order valence-electron chi connectivity index (χ3n) is 12.6. The molecular formula is C61H43N. The predicted molar refractivity (Wildman–Crippen MR) is 260 cm³/mol. The first kappa shape index (κ1) is 37.0. The second-order valence-electron chi connectivity index (χ2n) is 16.1. The van der Waals surface area contributed by atoms with Crippen molar-refractivity contribution in [2.45, 2.75) is 5.41 Å². The highest BCUT2D eigenvalue weighted by Gasteiger charge is 2.46. The Bertz CT molecular complexity index is 3100. The zero-order valence-electron chi connectivity index (χ0n) is 34.3. The minimum atomic E-state index is -0.508. The van der Waals surface area contributed by atoms with Gasteiger partial charge in [-0.2, -0.15) is 0 Å². The number of benzene rings is 10. The van der Waals surface area contributed by atoms with Crippen LogP contribution in [-0.2, 0) is 5.41 Å². The molecule has 0 atom stereocenters. The second kappa shape index (κ2) is 15.9. The van der Waals surface area contributed by atoms with Crippen LogP contribution in [0.2, 0.25) is 0 Å². The maximum absolute atomic E-state index is 2.42. The van der Waals surface area contributed by atoms with Gasteiger partial charge >= 0.3 is 0 Å². The highest BCUT2D eigenvalue weighted by molar-refractivity contribution is 5.88. The van der Waals surface area contributed by atoms with Crippen LogP contribution >= 0.6 is 0 Å². The van der Waals surface area contributed by atoms with E-state index < -0.39 is 5.41 Å². The van der Waals surface area contributed by atoms with Crippen molar-refractivity contribution in [1.82, 2.24) is 0 Å². The third-order valence-corrected chi connectivity index (χ3v) is 12.6. The zero-order valence-corrected chi connectivity index (χ0v) is 34.3. The number of nitrogens with zero attached hydrogens (tertiary/aromatic N) is 1. The summed E-state index contributed by atoms with van der Waals surface area (Å²) in [7, 11) is 0. The molecule has 0 saturated heterocycles. The Kier molecular flexibility index (Phi) is 9.48. The Balaban J connectivity index is 1.06. The van der Waals surface area contributed by atoms with Crippen LogP contribution in [0.1, 0.15) is 22.3 Å². The van der Waals surface area contributed by atoms with E-state index in [1.165, 1.54) is 72.3 Å². The van der Waals surface area contributed by atoms with Gasteiger partial charge < -0.3 is 4.90 Å². The average molecular weight is 790 g/mol. The fourth-order valence-electron chi connectivity index (χ4n) is 9.66. The Morgan fingerprint density at radius 2 is 0.597 bits per heavy atom. The summed E-state index contributed by atoms with van der Waals surface area (Å²) in [5.74, 6) is 0. The van der Waals surface area contributed by atoms with Crippen LogP contribution in [0.4, 0.5) is 17.1 Å². The lowest BCUT2D eigenvalue weighted by Crippen LogP contribution is -2.28. The SMILES string of the molecule is c1ccc(-c2ccc(-c3cccc(N(c4ccc(-c5cccc(-c6ccccc6)c5)cc4)c4cccc(C5(c6ccccc6)c6ccccc6-c6ccccc65)c4)c3)cc2)cc1. The van der Waals surface area contributed by atoms with E-state index in [0.29, 0.717) is 0 Å². The molecule has 0 aliphatic heterocycles. The van der Waals surface area contributed by atoms with Crippen molar-refractivity contribution in [3.8, 4) is 55.6 Å². The Hall–Kier alpha value is -8.00. The molecule has 0 aromatic heterocycles. The number of hydrogen-bond donors (Lipinski definition) is 0. The third kappa shape index (κ3) is 6.52. The van der Waals surface area contributed by atoms with Gasteiger partial charge in [0.05, 0.1) is 5.41 Å². The average Bonchev–Trinajstić information content (AvgIpc) is 3.66. The molecule has 0 fully saturated rings. The highest BCUT2D eigenvalue weighted by Crippen LogP contribution is 2.56. The zero-order chi connectivity index (χ0) is 41.3. The van der Waals surface area contributed by atoms with Gasteiger partial charge in [0.2, 0.25) is 0 Å².